The topological polar surface area (TPSA) is 88.9 Å². The van der Waals surface area contributed by atoms with Crippen LogP contribution in [0.3, 0.4) is 0 Å². The molecule has 1 aromatic carbocycles. The van der Waals surface area contributed by atoms with Crippen LogP contribution in [-0.4, -0.2) is 38.4 Å². The van der Waals surface area contributed by atoms with Gasteiger partial charge in [0.1, 0.15) is 0 Å². The van der Waals surface area contributed by atoms with Gasteiger partial charge < -0.3 is 15.2 Å². The van der Waals surface area contributed by atoms with Gasteiger partial charge in [-0.05, 0) is 50.8 Å². The number of carbonyl (C=O) groups is 2. The fraction of sp³-hybridized carbons (Fsp3) is 0.545. The lowest BCUT2D eigenvalue weighted by atomic mass is 9.86. The molecule has 0 spiro atoms. The monoisotopic (exact) mass is 497 g/mol. The molecule has 10 heteroatoms. The number of halogens is 2. The van der Waals surface area contributed by atoms with Gasteiger partial charge in [0.15, 0.2) is 11.0 Å². The van der Waals surface area contributed by atoms with Crippen LogP contribution in [-0.2, 0) is 11.3 Å². The van der Waals surface area contributed by atoms with Crippen LogP contribution in [0.2, 0.25) is 10.0 Å². The first-order valence-corrected chi connectivity index (χ1v) is 12.7. The molecule has 0 aliphatic heterocycles. The minimum Gasteiger partial charge on any atom is -0.352 e. The molecule has 3 atom stereocenters. The van der Waals surface area contributed by atoms with Crippen molar-refractivity contribution >= 4 is 46.8 Å². The van der Waals surface area contributed by atoms with Crippen LogP contribution >= 0.6 is 35.0 Å². The number of hydrogen-bond acceptors (Lipinski definition) is 5. The normalized spacial score (nSPS) is 19.4. The quantitative estimate of drug-likeness (QED) is 0.507. The van der Waals surface area contributed by atoms with Crippen LogP contribution in [0.5, 0.6) is 0 Å². The van der Waals surface area contributed by atoms with E-state index in [0.29, 0.717) is 39.1 Å². The molecule has 2 aromatic rings. The third kappa shape index (κ3) is 6.17. The Balaban J connectivity index is 1.60. The zero-order valence-corrected chi connectivity index (χ0v) is 20.9. The average molecular weight is 498 g/mol. The Morgan fingerprint density at radius 3 is 2.66 bits per heavy atom. The molecule has 1 aliphatic carbocycles. The first kappa shape index (κ1) is 24.9. The molecule has 0 radical (unpaired) electrons. The van der Waals surface area contributed by atoms with Gasteiger partial charge in [-0.2, -0.15) is 0 Å². The van der Waals surface area contributed by atoms with Crippen molar-refractivity contribution in [2.75, 3.05) is 5.75 Å². The number of thioether (sulfide) groups is 1. The molecule has 0 bridgehead atoms. The van der Waals surface area contributed by atoms with Crippen molar-refractivity contribution in [1.82, 2.24) is 25.4 Å². The maximum Gasteiger partial charge on any atom is 0.251 e. The second-order valence-corrected chi connectivity index (χ2v) is 9.89. The molecule has 32 heavy (non-hydrogen) atoms. The number of aromatic nitrogens is 3. The van der Waals surface area contributed by atoms with Gasteiger partial charge in [0.25, 0.3) is 5.91 Å². The maximum atomic E-state index is 12.6. The molecule has 0 saturated heterocycles. The summed E-state index contributed by atoms with van der Waals surface area (Å²) < 4.78 is 1.92. The molecule has 2 amide bonds. The van der Waals surface area contributed by atoms with Gasteiger partial charge in [0.05, 0.1) is 21.8 Å². The second kappa shape index (κ2) is 11.4. The van der Waals surface area contributed by atoms with E-state index in [4.69, 9.17) is 23.2 Å². The van der Waals surface area contributed by atoms with Gasteiger partial charge in [0.2, 0.25) is 5.91 Å². The summed E-state index contributed by atoms with van der Waals surface area (Å²) in [4.78, 5) is 25.1. The van der Waals surface area contributed by atoms with Gasteiger partial charge in [-0.15, -0.1) is 10.2 Å². The van der Waals surface area contributed by atoms with Crippen LogP contribution in [0.15, 0.2) is 23.4 Å². The molecule has 1 aliphatic rings. The van der Waals surface area contributed by atoms with E-state index >= 15 is 0 Å². The van der Waals surface area contributed by atoms with E-state index in [2.05, 4.69) is 27.8 Å². The summed E-state index contributed by atoms with van der Waals surface area (Å²) in [5.74, 6) is 1.16. The van der Waals surface area contributed by atoms with Gasteiger partial charge in [0, 0.05) is 18.2 Å². The summed E-state index contributed by atoms with van der Waals surface area (Å²) in [6.07, 6.45) is 4.62. The Morgan fingerprint density at radius 1 is 1.22 bits per heavy atom. The zero-order chi connectivity index (χ0) is 23.3. The SMILES string of the molecule is CCn1c(SCC(=O)N[C@@H]2CCCC[C@H]2C)nnc1[C@H](C)NC(=O)c1ccc(Cl)c(Cl)c1. The van der Waals surface area contributed by atoms with Gasteiger partial charge >= 0.3 is 0 Å². The molecule has 1 saturated carbocycles. The van der Waals surface area contributed by atoms with Gasteiger partial charge in [-0.1, -0.05) is 54.7 Å². The minimum absolute atomic E-state index is 0.0157. The molecule has 2 N–H and O–H groups in total. The van der Waals surface area contributed by atoms with E-state index in [9.17, 15) is 9.59 Å². The Morgan fingerprint density at radius 2 is 1.97 bits per heavy atom. The molecular weight excluding hydrogens is 469 g/mol. The van der Waals surface area contributed by atoms with Crippen LogP contribution in [0, 0.1) is 5.92 Å². The van der Waals surface area contributed by atoms with Gasteiger partial charge in [-0.25, -0.2) is 0 Å². The lowest BCUT2D eigenvalue weighted by Crippen LogP contribution is -2.41. The molecule has 1 aromatic heterocycles. The van der Waals surface area contributed by atoms with E-state index in [1.165, 1.54) is 30.7 Å². The molecule has 174 valence electrons. The lowest BCUT2D eigenvalue weighted by Gasteiger charge is -2.29. The highest BCUT2D eigenvalue weighted by molar-refractivity contribution is 7.99. The maximum absolute atomic E-state index is 12.6. The number of amides is 2. The predicted molar refractivity (Wildman–Crippen MR) is 128 cm³/mol. The van der Waals surface area contributed by atoms with Crippen LogP contribution in [0.4, 0.5) is 0 Å². The molecule has 7 nitrogen and oxygen atoms in total. The molecule has 1 heterocycles. The van der Waals surface area contributed by atoms with Crippen molar-refractivity contribution in [2.45, 2.75) is 70.2 Å². The van der Waals surface area contributed by atoms with Crippen molar-refractivity contribution in [3.8, 4) is 0 Å². The minimum atomic E-state index is -0.379. The number of hydrogen-bond donors (Lipinski definition) is 2. The summed E-state index contributed by atoms with van der Waals surface area (Å²) in [6, 6.07) is 4.62. The number of benzene rings is 1. The lowest BCUT2D eigenvalue weighted by molar-refractivity contribution is -0.119. The zero-order valence-electron chi connectivity index (χ0n) is 18.5. The number of rotatable bonds is 8. The average Bonchev–Trinajstić information content (AvgIpc) is 3.19. The summed E-state index contributed by atoms with van der Waals surface area (Å²) in [6.45, 7) is 6.65. The fourth-order valence-electron chi connectivity index (χ4n) is 3.92. The first-order chi connectivity index (χ1) is 15.3. The molecule has 0 unspecified atom stereocenters. The van der Waals surface area contributed by atoms with Crippen molar-refractivity contribution in [3.63, 3.8) is 0 Å². The van der Waals surface area contributed by atoms with Crippen LogP contribution in [0.25, 0.3) is 0 Å². The highest BCUT2D eigenvalue weighted by atomic mass is 35.5. The predicted octanol–water partition coefficient (Wildman–Crippen LogP) is 4.88. The Kier molecular flexibility index (Phi) is 8.85. The van der Waals surface area contributed by atoms with Crippen molar-refractivity contribution in [2.24, 2.45) is 5.92 Å². The molecule has 3 rings (SSSR count). The Bertz CT molecular complexity index is 968. The standard InChI is InChI=1S/C22H29Cl2N5O2S/c1-4-29-20(14(3)25-21(31)15-9-10-16(23)17(24)11-15)27-28-22(29)32-12-19(30)26-18-8-6-5-7-13(18)2/h9-11,13-14,18H,4-8,12H2,1-3H3,(H,25,31)(H,26,30)/t13-,14+,18-/m1/s1. The third-order valence-corrected chi connectivity index (χ3v) is 7.47. The Hall–Kier alpha value is -1.77. The van der Waals surface area contributed by atoms with E-state index in [1.807, 2.05) is 18.4 Å². The summed E-state index contributed by atoms with van der Waals surface area (Å²) in [5, 5.41) is 16.0. The van der Waals surface area contributed by atoms with Gasteiger partial charge in [-0.3, -0.25) is 9.59 Å². The Labute approximate surface area is 203 Å². The van der Waals surface area contributed by atoms with E-state index in [1.54, 1.807) is 12.1 Å². The van der Waals surface area contributed by atoms with Crippen molar-refractivity contribution in [1.29, 1.82) is 0 Å². The first-order valence-electron chi connectivity index (χ1n) is 10.9. The van der Waals surface area contributed by atoms with Crippen LogP contribution in [0.1, 0.15) is 68.7 Å². The summed E-state index contributed by atoms with van der Waals surface area (Å²) >= 11 is 13.3. The number of nitrogens with zero attached hydrogens (tertiary/aromatic N) is 3. The smallest absolute Gasteiger partial charge is 0.251 e. The second-order valence-electron chi connectivity index (χ2n) is 8.13. The number of nitrogens with one attached hydrogen (secondary N) is 2. The largest absolute Gasteiger partial charge is 0.352 e. The summed E-state index contributed by atoms with van der Waals surface area (Å²) in [5.41, 5.74) is 0.414. The highest BCUT2D eigenvalue weighted by Gasteiger charge is 2.24. The van der Waals surface area contributed by atoms with Crippen molar-refractivity contribution < 1.29 is 9.59 Å². The number of carbonyl (C=O) groups excluding carboxylic acids is 2. The van der Waals surface area contributed by atoms with Crippen molar-refractivity contribution in [3.05, 3.63) is 39.6 Å². The van der Waals surface area contributed by atoms with Crippen LogP contribution < -0.4 is 10.6 Å². The fourth-order valence-corrected chi connectivity index (χ4v) is 5.03. The third-order valence-electron chi connectivity index (χ3n) is 5.77. The molecule has 1 fully saturated rings. The van der Waals surface area contributed by atoms with E-state index in [0.717, 1.165) is 12.8 Å². The van der Waals surface area contributed by atoms with E-state index in [-0.39, 0.29) is 29.7 Å². The highest BCUT2D eigenvalue weighted by Crippen LogP contribution is 2.25. The molecular formula is C22H29Cl2N5O2S. The summed E-state index contributed by atoms with van der Waals surface area (Å²) in [7, 11) is 0. The van der Waals surface area contributed by atoms with E-state index < -0.39 is 0 Å².